The summed E-state index contributed by atoms with van der Waals surface area (Å²) in [5, 5.41) is 6.55. The van der Waals surface area contributed by atoms with Crippen molar-refractivity contribution in [2.45, 2.75) is 39.5 Å². The molecule has 1 aromatic rings. The topological polar surface area (TPSA) is 61.6 Å². The summed E-state index contributed by atoms with van der Waals surface area (Å²) in [7, 11) is 0. The molecule has 124 valence electrons. The van der Waals surface area contributed by atoms with Crippen LogP contribution in [0.2, 0.25) is 0 Å². The number of rotatable bonds is 8. The molecule has 1 N–H and O–H groups in total. The number of aryl methyl sites for hydroxylation is 1. The summed E-state index contributed by atoms with van der Waals surface area (Å²) in [6.07, 6.45) is 5.24. The molecule has 1 aromatic heterocycles. The molecule has 1 amide bonds. The van der Waals surface area contributed by atoms with E-state index in [-0.39, 0.29) is 5.91 Å². The molecule has 22 heavy (non-hydrogen) atoms. The standard InChI is InChI=1S/C16H28N4O2/c1-3-4-5-6-7-19-8-10-20(11-9-19)13-16(21)17-15-12-14(2)22-18-15/h12H,3-11,13H2,1-2H3,(H,17,18,21). The van der Waals surface area contributed by atoms with Gasteiger partial charge in [0, 0.05) is 32.2 Å². The Kier molecular flexibility index (Phi) is 6.86. The summed E-state index contributed by atoms with van der Waals surface area (Å²) < 4.78 is 4.94. The molecule has 6 heteroatoms. The van der Waals surface area contributed by atoms with Crippen molar-refractivity contribution in [2.75, 3.05) is 44.6 Å². The molecule has 1 aliphatic rings. The van der Waals surface area contributed by atoms with Crippen LogP contribution in [-0.4, -0.2) is 60.1 Å². The number of anilines is 1. The monoisotopic (exact) mass is 308 g/mol. The molecule has 0 bridgehead atoms. The summed E-state index contributed by atoms with van der Waals surface area (Å²) in [4.78, 5) is 16.7. The average Bonchev–Trinajstić information content (AvgIpc) is 2.90. The molecule has 6 nitrogen and oxygen atoms in total. The smallest absolute Gasteiger partial charge is 0.239 e. The molecule has 0 unspecified atom stereocenters. The number of unbranched alkanes of at least 4 members (excludes halogenated alkanes) is 3. The molecule has 2 rings (SSSR count). The molecule has 0 spiro atoms. The molecule has 0 atom stereocenters. The van der Waals surface area contributed by atoms with Crippen LogP contribution in [0.1, 0.15) is 38.4 Å². The number of hydrogen-bond donors (Lipinski definition) is 1. The Bertz CT molecular complexity index is 453. The first-order valence-corrected chi connectivity index (χ1v) is 8.35. The third-order valence-electron chi connectivity index (χ3n) is 4.06. The molecular weight excluding hydrogens is 280 g/mol. The molecular formula is C16H28N4O2. The summed E-state index contributed by atoms with van der Waals surface area (Å²) >= 11 is 0. The van der Waals surface area contributed by atoms with Gasteiger partial charge in [0.25, 0.3) is 0 Å². The molecule has 2 heterocycles. The second-order valence-corrected chi connectivity index (χ2v) is 6.05. The van der Waals surface area contributed by atoms with Crippen molar-refractivity contribution in [2.24, 2.45) is 0 Å². The van der Waals surface area contributed by atoms with Gasteiger partial charge in [-0.05, 0) is 19.9 Å². The Hall–Kier alpha value is -1.40. The van der Waals surface area contributed by atoms with Crippen molar-refractivity contribution in [3.63, 3.8) is 0 Å². The van der Waals surface area contributed by atoms with Crippen molar-refractivity contribution in [1.82, 2.24) is 15.0 Å². The Balaban J connectivity index is 1.61. The lowest BCUT2D eigenvalue weighted by Gasteiger charge is -2.34. The summed E-state index contributed by atoms with van der Waals surface area (Å²) in [5.74, 6) is 1.17. The van der Waals surface area contributed by atoms with Gasteiger partial charge in [-0.25, -0.2) is 0 Å². The minimum absolute atomic E-state index is 0.0234. The van der Waals surface area contributed by atoms with Crippen molar-refractivity contribution >= 4 is 11.7 Å². The SMILES string of the molecule is CCCCCCN1CCN(CC(=O)Nc2cc(C)on2)CC1. The maximum atomic E-state index is 12.0. The van der Waals surface area contributed by atoms with E-state index in [4.69, 9.17) is 4.52 Å². The lowest BCUT2D eigenvalue weighted by atomic mass is 10.2. The van der Waals surface area contributed by atoms with Gasteiger partial charge in [0.2, 0.25) is 5.91 Å². The van der Waals surface area contributed by atoms with Gasteiger partial charge in [-0.2, -0.15) is 0 Å². The van der Waals surface area contributed by atoms with Crippen LogP contribution in [0.25, 0.3) is 0 Å². The van der Waals surface area contributed by atoms with E-state index in [1.54, 1.807) is 6.07 Å². The van der Waals surface area contributed by atoms with Crippen LogP contribution >= 0.6 is 0 Å². The Morgan fingerprint density at radius 3 is 2.59 bits per heavy atom. The van der Waals surface area contributed by atoms with E-state index in [0.29, 0.717) is 18.1 Å². The number of piperazine rings is 1. The Labute approximate surface area is 132 Å². The van der Waals surface area contributed by atoms with Gasteiger partial charge in [-0.15, -0.1) is 0 Å². The van der Waals surface area contributed by atoms with E-state index in [9.17, 15) is 4.79 Å². The van der Waals surface area contributed by atoms with E-state index < -0.39 is 0 Å². The summed E-state index contributed by atoms with van der Waals surface area (Å²) in [5.41, 5.74) is 0. The predicted octanol–water partition coefficient (Wildman–Crippen LogP) is 2.12. The fraction of sp³-hybridized carbons (Fsp3) is 0.750. The van der Waals surface area contributed by atoms with Gasteiger partial charge in [0.15, 0.2) is 5.82 Å². The van der Waals surface area contributed by atoms with E-state index in [0.717, 1.165) is 26.2 Å². The second kappa shape index (κ2) is 8.90. The zero-order valence-corrected chi connectivity index (χ0v) is 13.8. The number of aromatic nitrogens is 1. The van der Waals surface area contributed by atoms with Crippen molar-refractivity contribution < 1.29 is 9.32 Å². The highest BCUT2D eigenvalue weighted by Crippen LogP contribution is 2.08. The Morgan fingerprint density at radius 2 is 1.95 bits per heavy atom. The highest BCUT2D eigenvalue weighted by atomic mass is 16.5. The highest BCUT2D eigenvalue weighted by Gasteiger charge is 2.19. The van der Waals surface area contributed by atoms with Gasteiger partial charge >= 0.3 is 0 Å². The van der Waals surface area contributed by atoms with Crippen LogP contribution in [0.5, 0.6) is 0 Å². The first kappa shape index (κ1) is 17.0. The fourth-order valence-electron chi connectivity index (χ4n) is 2.74. The van der Waals surface area contributed by atoms with Gasteiger partial charge in [0.1, 0.15) is 5.76 Å². The van der Waals surface area contributed by atoms with E-state index in [2.05, 4.69) is 27.2 Å². The largest absolute Gasteiger partial charge is 0.360 e. The van der Waals surface area contributed by atoms with Crippen molar-refractivity contribution in [1.29, 1.82) is 0 Å². The zero-order chi connectivity index (χ0) is 15.8. The number of carbonyl (C=O) groups is 1. The molecule has 0 aliphatic carbocycles. The maximum absolute atomic E-state index is 12.0. The third-order valence-corrected chi connectivity index (χ3v) is 4.06. The molecule has 0 saturated carbocycles. The van der Waals surface area contributed by atoms with Crippen LogP contribution in [0.3, 0.4) is 0 Å². The molecule has 1 fully saturated rings. The van der Waals surface area contributed by atoms with Crippen LogP contribution in [-0.2, 0) is 4.79 Å². The minimum atomic E-state index is -0.0234. The van der Waals surface area contributed by atoms with Crippen LogP contribution in [0.4, 0.5) is 5.82 Å². The third kappa shape index (κ3) is 5.77. The molecule has 0 aromatic carbocycles. The van der Waals surface area contributed by atoms with Crippen molar-refractivity contribution in [3.8, 4) is 0 Å². The summed E-state index contributed by atoms with van der Waals surface area (Å²) in [6, 6.07) is 1.73. The van der Waals surface area contributed by atoms with Gasteiger partial charge < -0.3 is 14.7 Å². The highest BCUT2D eigenvalue weighted by molar-refractivity contribution is 5.91. The van der Waals surface area contributed by atoms with Crippen molar-refractivity contribution in [3.05, 3.63) is 11.8 Å². The fourth-order valence-corrected chi connectivity index (χ4v) is 2.74. The first-order valence-electron chi connectivity index (χ1n) is 8.35. The molecule has 1 aliphatic heterocycles. The second-order valence-electron chi connectivity index (χ2n) is 6.05. The quantitative estimate of drug-likeness (QED) is 0.745. The van der Waals surface area contributed by atoms with Gasteiger partial charge in [0.05, 0.1) is 6.54 Å². The van der Waals surface area contributed by atoms with Crippen LogP contribution in [0, 0.1) is 6.92 Å². The zero-order valence-electron chi connectivity index (χ0n) is 13.8. The number of hydrogen-bond acceptors (Lipinski definition) is 5. The van der Waals surface area contributed by atoms with E-state index in [1.165, 1.54) is 32.2 Å². The minimum Gasteiger partial charge on any atom is -0.360 e. The number of carbonyl (C=O) groups excluding carboxylic acids is 1. The average molecular weight is 308 g/mol. The molecule has 1 saturated heterocycles. The van der Waals surface area contributed by atoms with Crippen LogP contribution < -0.4 is 5.32 Å². The maximum Gasteiger partial charge on any atom is 0.239 e. The number of nitrogens with zero attached hydrogens (tertiary/aromatic N) is 3. The van der Waals surface area contributed by atoms with Gasteiger partial charge in [-0.3, -0.25) is 9.69 Å². The Morgan fingerprint density at radius 1 is 1.23 bits per heavy atom. The van der Waals surface area contributed by atoms with E-state index in [1.807, 2.05) is 6.92 Å². The predicted molar refractivity (Wildman–Crippen MR) is 86.9 cm³/mol. The normalized spacial score (nSPS) is 16.8. The number of amides is 1. The van der Waals surface area contributed by atoms with E-state index >= 15 is 0 Å². The lowest BCUT2D eigenvalue weighted by molar-refractivity contribution is -0.117. The van der Waals surface area contributed by atoms with Gasteiger partial charge in [-0.1, -0.05) is 31.3 Å². The van der Waals surface area contributed by atoms with Crippen LogP contribution in [0.15, 0.2) is 10.6 Å². The number of nitrogens with one attached hydrogen (secondary N) is 1. The summed E-state index contributed by atoms with van der Waals surface area (Å²) in [6.45, 7) is 9.70. The molecule has 0 radical (unpaired) electrons. The first-order chi connectivity index (χ1) is 10.7. The lowest BCUT2D eigenvalue weighted by Crippen LogP contribution is -2.48.